The molecule has 0 aromatic heterocycles. The largest absolute Gasteiger partial charge is 0.344 e. The quantitative estimate of drug-likeness (QED) is 0.902. The summed E-state index contributed by atoms with van der Waals surface area (Å²) < 4.78 is 0. The first-order chi connectivity index (χ1) is 9.95. The van der Waals surface area contributed by atoms with Crippen LogP contribution in [-0.4, -0.2) is 30.4 Å². The van der Waals surface area contributed by atoms with Crippen molar-refractivity contribution in [3.63, 3.8) is 0 Å². The molecule has 0 saturated carbocycles. The number of carbonyl (C=O) groups excluding carboxylic acids is 1. The molecule has 1 aliphatic rings. The van der Waals surface area contributed by atoms with E-state index in [1.165, 1.54) is 11.1 Å². The minimum atomic E-state index is 0.263. The van der Waals surface area contributed by atoms with Crippen LogP contribution < -0.4 is 5.32 Å². The zero-order valence-electron chi connectivity index (χ0n) is 13.7. The van der Waals surface area contributed by atoms with Crippen LogP contribution >= 0.6 is 0 Å². The molecule has 3 nitrogen and oxygen atoms in total. The van der Waals surface area contributed by atoms with Crippen molar-refractivity contribution in [3.8, 4) is 0 Å². The molecule has 116 valence electrons. The molecular weight excluding hydrogens is 260 g/mol. The Bertz CT molecular complexity index is 467. The number of hydrogen-bond acceptors (Lipinski definition) is 2. The van der Waals surface area contributed by atoms with Crippen LogP contribution in [0.5, 0.6) is 0 Å². The molecule has 1 aromatic carbocycles. The molecule has 2 unspecified atom stereocenters. The number of amides is 1. The number of nitrogens with one attached hydrogen (secondary N) is 1. The fourth-order valence-corrected chi connectivity index (χ4v) is 3.01. The van der Waals surface area contributed by atoms with E-state index in [9.17, 15) is 4.79 Å². The number of hydrogen-bond donors (Lipinski definition) is 1. The summed E-state index contributed by atoms with van der Waals surface area (Å²) in [6.07, 6.45) is 2.74. The van der Waals surface area contributed by atoms with Gasteiger partial charge in [-0.2, -0.15) is 0 Å². The number of nitrogens with zero attached hydrogens (tertiary/aromatic N) is 1. The summed E-state index contributed by atoms with van der Waals surface area (Å²) in [7, 11) is 1.89. The van der Waals surface area contributed by atoms with E-state index in [0.29, 0.717) is 24.4 Å². The van der Waals surface area contributed by atoms with Crippen molar-refractivity contribution in [2.75, 3.05) is 13.6 Å². The Kier molecular flexibility index (Phi) is 5.40. The Balaban J connectivity index is 1.91. The van der Waals surface area contributed by atoms with Crippen LogP contribution in [0.2, 0.25) is 0 Å². The summed E-state index contributed by atoms with van der Waals surface area (Å²) in [6.45, 7) is 7.51. The van der Waals surface area contributed by atoms with Gasteiger partial charge in [0.25, 0.3) is 0 Å². The molecule has 0 aliphatic carbocycles. The van der Waals surface area contributed by atoms with Gasteiger partial charge in [-0.15, -0.1) is 0 Å². The van der Waals surface area contributed by atoms with Gasteiger partial charge in [-0.25, -0.2) is 0 Å². The van der Waals surface area contributed by atoms with Gasteiger partial charge in [0, 0.05) is 32.1 Å². The van der Waals surface area contributed by atoms with Gasteiger partial charge in [0.2, 0.25) is 5.91 Å². The van der Waals surface area contributed by atoms with E-state index in [4.69, 9.17) is 0 Å². The van der Waals surface area contributed by atoms with E-state index < -0.39 is 0 Å². The Morgan fingerprint density at radius 2 is 1.90 bits per heavy atom. The molecule has 1 saturated heterocycles. The lowest BCUT2D eigenvalue weighted by Gasteiger charge is -2.32. The predicted molar refractivity (Wildman–Crippen MR) is 87.2 cm³/mol. The van der Waals surface area contributed by atoms with Crippen molar-refractivity contribution in [2.45, 2.75) is 52.1 Å². The highest BCUT2D eigenvalue weighted by Gasteiger charge is 2.23. The van der Waals surface area contributed by atoms with Crippen molar-refractivity contribution in [1.82, 2.24) is 10.2 Å². The molecule has 1 fully saturated rings. The number of rotatable bonds is 5. The third-order valence-electron chi connectivity index (χ3n) is 4.24. The maximum absolute atomic E-state index is 11.5. The number of piperidine rings is 1. The summed E-state index contributed by atoms with van der Waals surface area (Å²) >= 11 is 0. The molecule has 0 spiro atoms. The van der Waals surface area contributed by atoms with Gasteiger partial charge in [-0.1, -0.05) is 38.1 Å². The highest BCUT2D eigenvalue weighted by atomic mass is 16.2. The van der Waals surface area contributed by atoms with Gasteiger partial charge in [-0.3, -0.25) is 4.79 Å². The first kappa shape index (κ1) is 16.0. The van der Waals surface area contributed by atoms with Crippen molar-refractivity contribution < 1.29 is 4.79 Å². The number of benzene rings is 1. The fraction of sp³-hybridized carbons (Fsp3) is 0.611. The van der Waals surface area contributed by atoms with Crippen LogP contribution in [0.3, 0.4) is 0 Å². The average molecular weight is 288 g/mol. The molecule has 3 heteroatoms. The van der Waals surface area contributed by atoms with Crippen molar-refractivity contribution in [2.24, 2.45) is 5.92 Å². The standard InChI is InChI=1S/C18H28N2O/c1-13(2)11-15-5-7-16(8-6-15)14(3)19-17-9-10-18(21)20(4)12-17/h5-8,13-14,17,19H,9-12H2,1-4H3. The molecule has 1 N–H and O–H groups in total. The first-order valence-electron chi connectivity index (χ1n) is 8.04. The molecule has 2 rings (SSSR count). The Morgan fingerprint density at radius 3 is 2.48 bits per heavy atom. The zero-order valence-corrected chi connectivity index (χ0v) is 13.7. The lowest BCUT2D eigenvalue weighted by molar-refractivity contribution is -0.132. The van der Waals surface area contributed by atoms with E-state index >= 15 is 0 Å². The second-order valence-corrected chi connectivity index (χ2v) is 6.74. The normalized spacial score (nSPS) is 20.9. The maximum atomic E-state index is 11.5. The number of likely N-dealkylation sites (tertiary alicyclic amines) is 1. The summed E-state index contributed by atoms with van der Waals surface area (Å²) in [5, 5.41) is 3.65. The van der Waals surface area contributed by atoms with Gasteiger partial charge < -0.3 is 10.2 Å². The number of carbonyl (C=O) groups is 1. The molecule has 1 amide bonds. The van der Waals surface area contributed by atoms with Gasteiger partial charge >= 0.3 is 0 Å². The second kappa shape index (κ2) is 7.08. The second-order valence-electron chi connectivity index (χ2n) is 6.74. The fourth-order valence-electron chi connectivity index (χ4n) is 3.01. The van der Waals surface area contributed by atoms with E-state index in [-0.39, 0.29) is 5.91 Å². The van der Waals surface area contributed by atoms with Crippen LogP contribution in [0, 0.1) is 5.92 Å². The van der Waals surface area contributed by atoms with Gasteiger partial charge in [0.15, 0.2) is 0 Å². The van der Waals surface area contributed by atoms with E-state index in [0.717, 1.165) is 19.4 Å². The Hall–Kier alpha value is -1.35. The van der Waals surface area contributed by atoms with Crippen LogP contribution in [-0.2, 0) is 11.2 Å². The molecule has 1 aromatic rings. The van der Waals surface area contributed by atoms with Crippen molar-refractivity contribution >= 4 is 5.91 Å². The van der Waals surface area contributed by atoms with Gasteiger partial charge in [-0.05, 0) is 36.8 Å². The minimum Gasteiger partial charge on any atom is -0.344 e. The summed E-state index contributed by atoms with van der Waals surface area (Å²) in [5.74, 6) is 0.959. The van der Waals surface area contributed by atoms with E-state index in [1.54, 1.807) is 0 Å². The van der Waals surface area contributed by atoms with Crippen LogP contribution in [0.15, 0.2) is 24.3 Å². The SMILES string of the molecule is CC(C)Cc1ccc(C(C)NC2CCC(=O)N(C)C2)cc1. The lowest BCUT2D eigenvalue weighted by atomic mass is 9.98. The lowest BCUT2D eigenvalue weighted by Crippen LogP contribution is -2.47. The molecule has 21 heavy (non-hydrogen) atoms. The summed E-state index contributed by atoms with van der Waals surface area (Å²) in [6, 6.07) is 9.66. The predicted octanol–water partition coefficient (Wildman–Crippen LogP) is 3.16. The minimum absolute atomic E-state index is 0.263. The van der Waals surface area contributed by atoms with E-state index in [1.807, 2.05) is 11.9 Å². The molecular formula is C18H28N2O. The third-order valence-corrected chi connectivity index (χ3v) is 4.24. The van der Waals surface area contributed by atoms with Crippen molar-refractivity contribution in [3.05, 3.63) is 35.4 Å². The smallest absolute Gasteiger partial charge is 0.222 e. The molecule has 1 aliphatic heterocycles. The zero-order chi connectivity index (χ0) is 15.4. The summed E-state index contributed by atoms with van der Waals surface area (Å²) in [4.78, 5) is 13.4. The first-order valence-corrected chi connectivity index (χ1v) is 8.04. The monoisotopic (exact) mass is 288 g/mol. The van der Waals surface area contributed by atoms with E-state index in [2.05, 4.69) is 50.4 Å². The third kappa shape index (κ3) is 4.57. The van der Waals surface area contributed by atoms with Crippen LogP contribution in [0.25, 0.3) is 0 Å². The van der Waals surface area contributed by atoms with Crippen LogP contribution in [0.1, 0.15) is 50.8 Å². The topological polar surface area (TPSA) is 32.3 Å². The Labute approximate surface area is 128 Å². The Morgan fingerprint density at radius 1 is 1.24 bits per heavy atom. The highest BCUT2D eigenvalue weighted by Crippen LogP contribution is 2.18. The molecule has 1 heterocycles. The average Bonchev–Trinajstić information content (AvgIpc) is 2.43. The molecule has 0 bridgehead atoms. The summed E-state index contributed by atoms with van der Waals surface area (Å²) in [5.41, 5.74) is 2.73. The van der Waals surface area contributed by atoms with Gasteiger partial charge in [0.05, 0.1) is 0 Å². The van der Waals surface area contributed by atoms with Gasteiger partial charge in [0.1, 0.15) is 0 Å². The highest BCUT2D eigenvalue weighted by molar-refractivity contribution is 5.76. The molecule has 0 radical (unpaired) electrons. The molecule has 2 atom stereocenters. The maximum Gasteiger partial charge on any atom is 0.222 e. The number of likely N-dealkylation sites (N-methyl/N-ethyl adjacent to an activating group) is 1. The van der Waals surface area contributed by atoms with Crippen molar-refractivity contribution in [1.29, 1.82) is 0 Å². The van der Waals surface area contributed by atoms with Crippen LogP contribution in [0.4, 0.5) is 0 Å².